The van der Waals surface area contributed by atoms with Gasteiger partial charge in [0.05, 0.1) is 0 Å². The summed E-state index contributed by atoms with van der Waals surface area (Å²) in [6.45, 7) is 14.2. The fraction of sp³-hybridized carbons (Fsp3) is 0.913. The van der Waals surface area contributed by atoms with E-state index in [1.54, 1.807) is 0 Å². The minimum atomic E-state index is -1.56. The van der Waals surface area contributed by atoms with Gasteiger partial charge in [0.2, 0.25) is 0 Å². The van der Waals surface area contributed by atoms with E-state index in [0.29, 0.717) is 5.04 Å². The highest BCUT2D eigenvalue weighted by Crippen LogP contribution is 2.36. The van der Waals surface area contributed by atoms with Gasteiger partial charge in [-0.15, -0.1) is 11.8 Å². The van der Waals surface area contributed by atoms with Crippen molar-refractivity contribution in [3.63, 3.8) is 0 Å². The molecule has 4 heteroatoms. The highest BCUT2D eigenvalue weighted by Gasteiger charge is 2.36. The van der Waals surface area contributed by atoms with Crippen molar-refractivity contribution in [2.24, 2.45) is 0 Å². The molecule has 0 aromatic rings. The Morgan fingerprint density at radius 1 is 0.889 bits per heavy atom. The normalized spacial score (nSPS) is 18.2. The standard InChI is InChI=1S/C23H44O3Si/c1-23(2,3)27(4,5)26-21-16-13-11-9-7-6-8-10-12-15-19-24-22-18-14-17-20-25-22/h22H,8-21H2,1-5H3. The quantitative estimate of drug-likeness (QED) is 0.209. The summed E-state index contributed by atoms with van der Waals surface area (Å²) < 4.78 is 17.5. The Kier molecular flexibility index (Phi) is 12.6. The highest BCUT2D eigenvalue weighted by atomic mass is 28.4. The van der Waals surface area contributed by atoms with Gasteiger partial charge >= 0.3 is 0 Å². The zero-order chi connectivity index (χ0) is 20.0. The lowest BCUT2D eigenvalue weighted by atomic mass is 10.1. The van der Waals surface area contributed by atoms with Crippen molar-refractivity contribution in [3.05, 3.63) is 0 Å². The van der Waals surface area contributed by atoms with Crippen LogP contribution in [0.3, 0.4) is 0 Å². The first kappa shape index (κ1) is 24.7. The molecule has 1 unspecified atom stereocenters. The topological polar surface area (TPSA) is 27.7 Å². The third kappa shape index (κ3) is 12.0. The molecule has 3 nitrogen and oxygen atoms in total. The SMILES string of the molecule is CC(C)(C)[Si](C)(C)OCCCCCC#CCCCCCOC1CCCCO1. The van der Waals surface area contributed by atoms with Crippen LogP contribution >= 0.6 is 0 Å². The number of ether oxygens (including phenoxy) is 2. The molecule has 1 rings (SSSR count). The van der Waals surface area contributed by atoms with Crippen molar-refractivity contribution in [1.82, 2.24) is 0 Å². The van der Waals surface area contributed by atoms with Gasteiger partial charge in [0.25, 0.3) is 0 Å². The second kappa shape index (κ2) is 13.8. The maximum atomic E-state index is 6.21. The van der Waals surface area contributed by atoms with Gasteiger partial charge in [-0.05, 0) is 63.1 Å². The molecule has 0 saturated carbocycles. The molecule has 0 N–H and O–H groups in total. The van der Waals surface area contributed by atoms with Crippen molar-refractivity contribution < 1.29 is 13.9 Å². The molecule has 1 atom stereocenters. The average Bonchev–Trinajstić information content (AvgIpc) is 2.62. The molecule has 1 aliphatic heterocycles. The second-order valence-corrected chi connectivity index (χ2v) is 14.1. The Labute approximate surface area is 170 Å². The molecule has 0 amide bonds. The summed E-state index contributed by atoms with van der Waals surface area (Å²) in [5, 5.41) is 0.314. The zero-order valence-electron chi connectivity index (χ0n) is 18.7. The molecular weight excluding hydrogens is 352 g/mol. The van der Waals surface area contributed by atoms with Crippen molar-refractivity contribution in [3.8, 4) is 11.8 Å². The van der Waals surface area contributed by atoms with Crippen molar-refractivity contribution in [1.29, 1.82) is 0 Å². The summed E-state index contributed by atoms with van der Waals surface area (Å²) in [5.74, 6) is 6.65. The van der Waals surface area contributed by atoms with Crippen molar-refractivity contribution in [2.45, 2.75) is 116 Å². The number of rotatable bonds is 12. The molecule has 0 aliphatic carbocycles. The first-order valence-corrected chi connectivity index (χ1v) is 14.1. The van der Waals surface area contributed by atoms with Crippen LogP contribution in [-0.2, 0) is 13.9 Å². The molecule has 0 spiro atoms. The molecule has 158 valence electrons. The molecule has 1 aliphatic rings. The number of unbranched alkanes of at least 4 members (excludes halogenated alkanes) is 6. The third-order valence-electron chi connectivity index (χ3n) is 5.73. The van der Waals surface area contributed by atoms with Crippen molar-refractivity contribution >= 4 is 8.32 Å². The smallest absolute Gasteiger partial charge is 0.191 e. The Morgan fingerprint density at radius 3 is 2.07 bits per heavy atom. The first-order valence-electron chi connectivity index (χ1n) is 11.2. The molecule has 27 heavy (non-hydrogen) atoms. The van der Waals surface area contributed by atoms with Crippen LogP contribution in [0.4, 0.5) is 0 Å². The van der Waals surface area contributed by atoms with E-state index in [1.807, 2.05) is 0 Å². The summed E-state index contributed by atoms with van der Waals surface area (Å²) >= 11 is 0. The first-order chi connectivity index (χ1) is 12.8. The molecule has 0 bridgehead atoms. The van der Waals surface area contributed by atoms with Crippen molar-refractivity contribution in [2.75, 3.05) is 19.8 Å². The lowest BCUT2D eigenvalue weighted by Crippen LogP contribution is -2.40. The molecule has 0 aromatic heterocycles. The monoisotopic (exact) mass is 396 g/mol. The van der Waals surface area contributed by atoms with Gasteiger partial charge in [-0.25, -0.2) is 0 Å². The van der Waals surface area contributed by atoms with Crippen LogP contribution in [0.5, 0.6) is 0 Å². The van der Waals surface area contributed by atoms with Gasteiger partial charge < -0.3 is 13.9 Å². The summed E-state index contributed by atoms with van der Waals surface area (Å²) in [6, 6.07) is 0. The van der Waals surface area contributed by atoms with Crippen LogP contribution in [0.2, 0.25) is 18.1 Å². The van der Waals surface area contributed by atoms with Gasteiger partial charge in [-0.1, -0.05) is 33.6 Å². The van der Waals surface area contributed by atoms with E-state index in [1.165, 1.54) is 44.9 Å². The van der Waals surface area contributed by atoms with E-state index in [9.17, 15) is 0 Å². The zero-order valence-corrected chi connectivity index (χ0v) is 19.7. The maximum absolute atomic E-state index is 6.21. The highest BCUT2D eigenvalue weighted by molar-refractivity contribution is 6.74. The lowest BCUT2D eigenvalue weighted by Gasteiger charge is -2.36. The number of hydrogen-bond donors (Lipinski definition) is 0. The molecule has 0 aromatic carbocycles. The lowest BCUT2D eigenvalue weighted by molar-refractivity contribution is -0.162. The largest absolute Gasteiger partial charge is 0.417 e. The van der Waals surface area contributed by atoms with Gasteiger partial charge in [-0.3, -0.25) is 0 Å². The molecule has 1 saturated heterocycles. The molecular formula is C23H44O3Si. The van der Waals surface area contributed by atoms with E-state index >= 15 is 0 Å². The Morgan fingerprint density at radius 2 is 1.52 bits per heavy atom. The predicted molar refractivity (Wildman–Crippen MR) is 117 cm³/mol. The van der Waals surface area contributed by atoms with Crippen LogP contribution in [0.25, 0.3) is 0 Å². The Bertz CT molecular complexity index is 425. The van der Waals surface area contributed by atoms with Crippen LogP contribution in [0.15, 0.2) is 0 Å². The maximum Gasteiger partial charge on any atom is 0.191 e. The summed E-state index contributed by atoms with van der Waals surface area (Å²) in [6.07, 6.45) is 12.7. The van der Waals surface area contributed by atoms with E-state index in [2.05, 4.69) is 45.7 Å². The van der Waals surface area contributed by atoms with Gasteiger partial charge in [0, 0.05) is 32.7 Å². The van der Waals surface area contributed by atoms with E-state index < -0.39 is 8.32 Å². The van der Waals surface area contributed by atoms with Crippen LogP contribution in [-0.4, -0.2) is 34.4 Å². The fourth-order valence-corrected chi connectivity index (χ4v) is 3.85. The van der Waals surface area contributed by atoms with E-state index in [-0.39, 0.29) is 6.29 Å². The van der Waals surface area contributed by atoms with Gasteiger partial charge in [0.15, 0.2) is 14.6 Å². The Balaban J connectivity index is 1.86. The minimum absolute atomic E-state index is 0.0609. The van der Waals surface area contributed by atoms with Gasteiger partial charge in [-0.2, -0.15) is 0 Å². The molecule has 0 radical (unpaired) electrons. The Hall–Kier alpha value is -0.343. The van der Waals surface area contributed by atoms with E-state index in [4.69, 9.17) is 13.9 Å². The van der Waals surface area contributed by atoms with E-state index in [0.717, 1.165) is 45.5 Å². The molecule has 1 fully saturated rings. The van der Waals surface area contributed by atoms with Crippen LogP contribution < -0.4 is 0 Å². The predicted octanol–water partition coefficient (Wildman–Crippen LogP) is 6.68. The number of hydrogen-bond acceptors (Lipinski definition) is 3. The van der Waals surface area contributed by atoms with Crippen LogP contribution in [0, 0.1) is 11.8 Å². The molecule has 1 heterocycles. The summed E-state index contributed by atoms with van der Waals surface area (Å²) in [4.78, 5) is 0. The minimum Gasteiger partial charge on any atom is -0.417 e. The summed E-state index contributed by atoms with van der Waals surface area (Å²) in [5.41, 5.74) is 0. The van der Waals surface area contributed by atoms with Gasteiger partial charge in [0.1, 0.15) is 0 Å². The average molecular weight is 397 g/mol. The second-order valence-electron chi connectivity index (χ2n) is 9.25. The third-order valence-corrected chi connectivity index (χ3v) is 10.3. The summed E-state index contributed by atoms with van der Waals surface area (Å²) in [7, 11) is -1.56. The van der Waals surface area contributed by atoms with Crippen LogP contribution in [0.1, 0.15) is 91.4 Å². The fourth-order valence-electron chi connectivity index (χ4n) is 2.76.